The van der Waals surface area contributed by atoms with Crippen molar-refractivity contribution in [1.82, 2.24) is 19.7 Å². The van der Waals surface area contributed by atoms with E-state index in [1.807, 2.05) is 6.07 Å². The number of aromatic amines is 1. The van der Waals surface area contributed by atoms with E-state index < -0.39 is 16.7 Å². The number of fused-ring (bicyclic) bond motifs is 1. The fraction of sp³-hybridized carbons (Fsp3) is 0.500. The van der Waals surface area contributed by atoms with E-state index in [2.05, 4.69) is 15.1 Å². The highest BCUT2D eigenvalue weighted by Crippen LogP contribution is 2.31. The van der Waals surface area contributed by atoms with Crippen molar-refractivity contribution in [3.8, 4) is 0 Å². The highest BCUT2D eigenvalue weighted by atomic mass is 16.5. The molecule has 1 N–H and O–H groups in total. The second-order valence-electron chi connectivity index (χ2n) is 5.92. The van der Waals surface area contributed by atoms with Crippen LogP contribution in [0.3, 0.4) is 0 Å². The number of nitrogens with one attached hydrogen (secondary N) is 1. The van der Waals surface area contributed by atoms with Gasteiger partial charge < -0.3 is 9.15 Å². The molecular formula is C14H16N4O4. The van der Waals surface area contributed by atoms with Crippen LogP contribution in [0.4, 0.5) is 0 Å². The Labute approximate surface area is 125 Å². The lowest BCUT2D eigenvalue weighted by molar-refractivity contribution is -0.0853. The van der Waals surface area contributed by atoms with Crippen LogP contribution in [0.5, 0.6) is 0 Å². The van der Waals surface area contributed by atoms with Crippen LogP contribution in [0.1, 0.15) is 17.8 Å². The quantitative estimate of drug-likeness (QED) is 0.766. The van der Waals surface area contributed by atoms with Gasteiger partial charge in [0, 0.05) is 25.2 Å². The van der Waals surface area contributed by atoms with E-state index in [4.69, 9.17) is 9.15 Å². The van der Waals surface area contributed by atoms with Gasteiger partial charge in [-0.05, 0) is 12.5 Å². The Balaban J connectivity index is 1.55. The lowest BCUT2D eigenvalue weighted by Crippen LogP contribution is -2.51. The van der Waals surface area contributed by atoms with Crippen LogP contribution >= 0.6 is 0 Å². The molecule has 2 aliphatic rings. The number of hydrogen-bond acceptors (Lipinski definition) is 6. The third-order valence-electron chi connectivity index (χ3n) is 4.37. The smallest absolute Gasteiger partial charge is 0.330 e. The Morgan fingerprint density at radius 3 is 3.09 bits per heavy atom. The normalized spacial score (nSPS) is 24.7. The zero-order valence-corrected chi connectivity index (χ0v) is 11.9. The molecule has 0 amide bonds. The Morgan fingerprint density at radius 1 is 1.36 bits per heavy atom. The number of ether oxygens (including phenoxy) is 1. The van der Waals surface area contributed by atoms with Gasteiger partial charge in [-0.2, -0.15) is 5.10 Å². The summed E-state index contributed by atoms with van der Waals surface area (Å²) in [4.78, 5) is 25.7. The van der Waals surface area contributed by atoms with Crippen LogP contribution in [0.25, 0.3) is 0 Å². The van der Waals surface area contributed by atoms with Crippen molar-refractivity contribution in [3.05, 3.63) is 50.7 Å². The van der Waals surface area contributed by atoms with Crippen molar-refractivity contribution in [3.63, 3.8) is 0 Å². The van der Waals surface area contributed by atoms with Crippen molar-refractivity contribution in [1.29, 1.82) is 0 Å². The summed E-state index contributed by atoms with van der Waals surface area (Å²) >= 11 is 0. The maximum atomic E-state index is 12.0. The zero-order chi connectivity index (χ0) is 15.2. The molecule has 8 heteroatoms. The fourth-order valence-electron chi connectivity index (χ4n) is 3.24. The molecular weight excluding hydrogens is 288 g/mol. The largest absolute Gasteiger partial charge is 0.472 e. The lowest BCUT2D eigenvalue weighted by Gasteiger charge is -2.34. The van der Waals surface area contributed by atoms with Gasteiger partial charge in [0.25, 0.3) is 0 Å². The van der Waals surface area contributed by atoms with Gasteiger partial charge in [-0.25, -0.2) is 5.10 Å². The highest BCUT2D eigenvalue weighted by molar-refractivity contribution is 5.07. The van der Waals surface area contributed by atoms with Gasteiger partial charge in [-0.3, -0.25) is 19.1 Å². The second-order valence-corrected chi connectivity index (χ2v) is 5.92. The van der Waals surface area contributed by atoms with Crippen LogP contribution < -0.4 is 11.1 Å². The third kappa shape index (κ3) is 2.20. The summed E-state index contributed by atoms with van der Waals surface area (Å²) in [6.45, 7) is 3.01. The Morgan fingerprint density at radius 2 is 2.27 bits per heavy atom. The van der Waals surface area contributed by atoms with E-state index >= 15 is 0 Å². The van der Waals surface area contributed by atoms with Gasteiger partial charge >= 0.3 is 11.1 Å². The van der Waals surface area contributed by atoms with Gasteiger partial charge in [-0.1, -0.05) is 0 Å². The molecule has 116 valence electrons. The topological polar surface area (TPSA) is 93.4 Å². The molecule has 2 aromatic rings. The standard InChI is InChI=1S/C14H16N4O4/c19-12-13(20)18-9-14(22-7-11(18)15-16-12)2-3-17(8-14)5-10-1-4-21-6-10/h1,4,6H,2-3,5,7-9H2,(H,16,19). The van der Waals surface area contributed by atoms with E-state index in [0.29, 0.717) is 12.4 Å². The van der Waals surface area contributed by atoms with Crippen molar-refractivity contribution >= 4 is 0 Å². The number of nitrogens with zero attached hydrogens (tertiary/aromatic N) is 3. The first-order valence-corrected chi connectivity index (χ1v) is 7.21. The van der Waals surface area contributed by atoms with Gasteiger partial charge in [0.2, 0.25) is 0 Å². The number of rotatable bonds is 2. The van der Waals surface area contributed by atoms with Crippen molar-refractivity contribution < 1.29 is 9.15 Å². The van der Waals surface area contributed by atoms with E-state index in [0.717, 1.165) is 31.6 Å². The summed E-state index contributed by atoms with van der Waals surface area (Å²) in [6.07, 6.45) is 4.21. The van der Waals surface area contributed by atoms with Gasteiger partial charge in [0.05, 0.1) is 19.1 Å². The Hall–Kier alpha value is -2.19. The molecule has 0 aromatic carbocycles. The molecule has 1 fully saturated rings. The molecule has 1 saturated heterocycles. The summed E-state index contributed by atoms with van der Waals surface area (Å²) < 4.78 is 12.5. The molecule has 8 nitrogen and oxygen atoms in total. The maximum absolute atomic E-state index is 12.0. The van der Waals surface area contributed by atoms with E-state index in [9.17, 15) is 9.59 Å². The molecule has 2 aromatic heterocycles. The molecule has 0 bridgehead atoms. The summed E-state index contributed by atoms with van der Waals surface area (Å²) in [5.41, 5.74) is -0.547. The van der Waals surface area contributed by atoms with E-state index in [-0.39, 0.29) is 6.61 Å². The molecule has 4 rings (SSSR count). The molecule has 0 saturated carbocycles. The zero-order valence-electron chi connectivity index (χ0n) is 11.9. The minimum absolute atomic E-state index is 0.242. The third-order valence-corrected chi connectivity index (χ3v) is 4.37. The SMILES string of the molecule is O=c1[nH]nc2n(c1=O)CC1(CCN(Cc3ccoc3)C1)OC2. The Kier molecular flexibility index (Phi) is 3.02. The molecule has 22 heavy (non-hydrogen) atoms. The maximum Gasteiger partial charge on any atom is 0.330 e. The molecule has 1 unspecified atom stereocenters. The molecule has 2 aliphatic heterocycles. The van der Waals surface area contributed by atoms with Crippen LogP contribution in [-0.4, -0.2) is 38.4 Å². The average molecular weight is 304 g/mol. The molecule has 1 atom stereocenters. The minimum atomic E-state index is -0.686. The number of hydrogen-bond donors (Lipinski definition) is 1. The minimum Gasteiger partial charge on any atom is -0.472 e. The first-order valence-electron chi connectivity index (χ1n) is 7.21. The second kappa shape index (κ2) is 4.92. The van der Waals surface area contributed by atoms with Crippen LogP contribution in [0.15, 0.2) is 32.6 Å². The number of H-pyrrole nitrogens is 1. The fourth-order valence-corrected chi connectivity index (χ4v) is 3.24. The molecule has 0 radical (unpaired) electrons. The average Bonchev–Trinajstić information content (AvgIpc) is 3.15. The number of furan rings is 1. The van der Waals surface area contributed by atoms with Gasteiger partial charge in [0.1, 0.15) is 12.2 Å². The lowest BCUT2D eigenvalue weighted by atomic mass is 10.0. The van der Waals surface area contributed by atoms with Crippen LogP contribution in [0.2, 0.25) is 0 Å². The van der Waals surface area contributed by atoms with Crippen molar-refractivity contribution in [2.24, 2.45) is 0 Å². The van der Waals surface area contributed by atoms with E-state index in [1.165, 1.54) is 4.57 Å². The summed E-state index contributed by atoms with van der Waals surface area (Å²) in [5.74, 6) is 0.475. The van der Waals surface area contributed by atoms with Crippen molar-refractivity contribution in [2.75, 3.05) is 13.1 Å². The first-order chi connectivity index (χ1) is 10.7. The number of aromatic nitrogens is 3. The Bertz CT molecular complexity index is 794. The summed E-state index contributed by atoms with van der Waals surface area (Å²) in [5, 5.41) is 6.09. The molecule has 0 aliphatic carbocycles. The van der Waals surface area contributed by atoms with Gasteiger partial charge in [-0.15, -0.1) is 0 Å². The monoisotopic (exact) mass is 304 g/mol. The molecule has 1 spiro atoms. The van der Waals surface area contributed by atoms with E-state index in [1.54, 1.807) is 12.5 Å². The highest BCUT2D eigenvalue weighted by Gasteiger charge is 2.43. The van der Waals surface area contributed by atoms with Gasteiger partial charge in [0.15, 0.2) is 5.82 Å². The summed E-state index contributed by atoms with van der Waals surface area (Å²) in [7, 11) is 0. The first kappa shape index (κ1) is 13.5. The number of likely N-dealkylation sites (tertiary alicyclic amines) is 1. The molecule has 4 heterocycles. The summed E-state index contributed by atoms with van der Waals surface area (Å²) in [6, 6.07) is 1.94. The van der Waals surface area contributed by atoms with Crippen LogP contribution in [-0.2, 0) is 24.4 Å². The van der Waals surface area contributed by atoms with Crippen LogP contribution in [0, 0.1) is 0 Å². The predicted octanol–water partition coefficient (Wildman–Crippen LogP) is -0.300. The van der Waals surface area contributed by atoms with Crippen molar-refractivity contribution in [2.45, 2.75) is 31.7 Å². The predicted molar refractivity (Wildman–Crippen MR) is 75.2 cm³/mol.